The van der Waals surface area contributed by atoms with Crippen LogP contribution in [0.15, 0.2) is 66.9 Å². The zero-order valence-corrected chi connectivity index (χ0v) is 23.4. The van der Waals surface area contributed by atoms with Crippen molar-refractivity contribution < 1.29 is 20.1 Å². The Morgan fingerprint density at radius 3 is 2.14 bits per heavy atom. The molecule has 0 aliphatic carbocycles. The maximum atomic E-state index is 4.83. The van der Waals surface area contributed by atoms with Crippen LogP contribution >= 0.6 is 0 Å². The molecule has 5 rings (SSSR count). The summed E-state index contributed by atoms with van der Waals surface area (Å²) in [6, 6.07) is 21.3. The van der Waals surface area contributed by atoms with Crippen molar-refractivity contribution in [2.75, 3.05) is 4.90 Å². The van der Waals surface area contributed by atoms with Gasteiger partial charge in [-0.1, -0.05) is 74.7 Å². The van der Waals surface area contributed by atoms with Gasteiger partial charge >= 0.3 is 0 Å². The molecule has 2 heterocycles. The molecule has 0 saturated carbocycles. The predicted octanol–water partition coefficient (Wildman–Crippen LogP) is 7.67. The minimum Gasteiger partial charge on any atom is -0.338 e. The molecule has 4 nitrogen and oxygen atoms in total. The minimum absolute atomic E-state index is 0. The van der Waals surface area contributed by atoms with Crippen LogP contribution in [0.2, 0.25) is 0 Å². The third-order valence-corrected chi connectivity index (χ3v) is 6.30. The van der Waals surface area contributed by atoms with E-state index in [4.69, 9.17) is 9.97 Å². The molecule has 179 valence electrons. The van der Waals surface area contributed by atoms with Crippen molar-refractivity contribution in [3.8, 4) is 0 Å². The molecule has 35 heavy (non-hydrogen) atoms. The Bertz CT molecular complexity index is 1520. The second kappa shape index (κ2) is 9.48. The molecule has 0 amide bonds. The van der Waals surface area contributed by atoms with Gasteiger partial charge in [-0.2, -0.15) is 0 Å². The van der Waals surface area contributed by atoms with Gasteiger partial charge in [-0.15, -0.1) is 0 Å². The summed E-state index contributed by atoms with van der Waals surface area (Å²) in [5.74, 6) is 0.785. The average molecular weight is 638 g/mol. The zero-order chi connectivity index (χ0) is 24.0. The molecule has 2 aromatic heterocycles. The van der Waals surface area contributed by atoms with Crippen LogP contribution in [-0.4, -0.2) is 15.0 Å². The monoisotopic (exact) mass is 638 g/mol. The molecule has 5 aromatic rings. The fourth-order valence-electron chi connectivity index (χ4n) is 4.52. The summed E-state index contributed by atoms with van der Waals surface area (Å²) in [4.78, 5) is 16.5. The van der Waals surface area contributed by atoms with E-state index in [1.807, 2.05) is 6.20 Å². The smallest absolute Gasteiger partial charge is 0.0519 e. The summed E-state index contributed by atoms with van der Waals surface area (Å²) < 4.78 is 0. The maximum Gasteiger partial charge on any atom is 0.0519 e. The molecule has 1 radical (unpaired) electrons. The van der Waals surface area contributed by atoms with Gasteiger partial charge in [0, 0.05) is 49.0 Å². The molecule has 0 aliphatic rings. The zero-order valence-electron chi connectivity index (χ0n) is 21.0. The number of aromatic nitrogens is 3. The number of benzene rings is 3. The van der Waals surface area contributed by atoms with Crippen molar-refractivity contribution in [2.45, 2.75) is 47.0 Å². The van der Waals surface area contributed by atoms with Crippen molar-refractivity contribution in [3.05, 3.63) is 95.6 Å². The summed E-state index contributed by atoms with van der Waals surface area (Å²) in [5.41, 5.74) is 8.65. The first-order valence-corrected chi connectivity index (χ1v) is 11.7. The Kier molecular flexibility index (Phi) is 6.77. The van der Waals surface area contributed by atoms with Crippen LogP contribution in [0.3, 0.4) is 0 Å². The van der Waals surface area contributed by atoms with Crippen molar-refractivity contribution >= 4 is 38.9 Å². The molecule has 0 N–H and O–H groups in total. The van der Waals surface area contributed by atoms with Crippen molar-refractivity contribution in [1.29, 1.82) is 0 Å². The van der Waals surface area contributed by atoms with Crippen LogP contribution in [0.5, 0.6) is 0 Å². The van der Waals surface area contributed by atoms with E-state index in [-0.39, 0.29) is 25.5 Å². The van der Waals surface area contributed by atoms with Crippen molar-refractivity contribution in [1.82, 2.24) is 15.0 Å². The fraction of sp³-hybridized carbons (Fsp3) is 0.233. The number of para-hydroxylation sites is 2. The SMILES string of the molecule is Cc1ccccc1N(c1c(C)cccc1C)c1ccnc2c1ccc1nc(C(C)(C)C)n[c-]c12.[Ir]. The molecule has 0 spiro atoms. The molecule has 0 aliphatic heterocycles. The normalized spacial score (nSPS) is 11.5. The third kappa shape index (κ3) is 4.47. The Balaban J connectivity index is 0.00000289. The van der Waals surface area contributed by atoms with Gasteiger partial charge in [-0.25, -0.2) is 0 Å². The maximum absolute atomic E-state index is 4.83. The summed E-state index contributed by atoms with van der Waals surface area (Å²) in [6.07, 6.45) is 5.13. The molecule has 0 atom stereocenters. The first kappa shape index (κ1) is 25.0. The molecule has 0 unspecified atom stereocenters. The Labute approximate surface area is 220 Å². The van der Waals surface area contributed by atoms with Crippen LogP contribution in [0, 0.1) is 27.0 Å². The second-order valence-corrected chi connectivity index (χ2v) is 9.96. The van der Waals surface area contributed by atoms with E-state index in [9.17, 15) is 0 Å². The number of hydrogen-bond donors (Lipinski definition) is 0. The van der Waals surface area contributed by atoms with Crippen molar-refractivity contribution in [3.63, 3.8) is 0 Å². The molecule has 0 bridgehead atoms. The Morgan fingerprint density at radius 2 is 1.46 bits per heavy atom. The van der Waals surface area contributed by atoms with Crippen LogP contribution in [0.1, 0.15) is 43.3 Å². The summed E-state index contributed by atoms with van der Waals surface area (Å²) in [7, 11) is 0. The van der Waals surface area contributed by atoms with E-state index < -0.39 is 0 Å². The van der Waals surface area contributed by atoms with Gasteiger partial charge < -0.3 is 19.9 Å². The predicted molar refractivity (Wildman–Crippen MR) is 141 cm³/mol. The molecular formula is C30H29IrN4-. The second-order valence-electron chi connectivity index (χ2n) is 9.96. The van der Waals surface area contributed by atoms with Crippen LogP contribution in [-0.2, 0) is 25.5 Å². The summed E-state index contributed by atoms with van der Waals surface area (Å²) in [5, 5.41) is 1.89. The summed E-state index contributed by atoms with van der Waals surface area (Å²) in [6.45, 7) is 12.8. The van der Waals surface area contributed by atoms with Crippen LogP contribution in [0.25, 0.3) is 21.8 Å². The first-order valence-electron chi connectivity index (χ1n) is 11.7. The number of hydrogen-bond acceptors (Lipinski definition) is 4. The standard InChI is InChI=1S/C30H29N4.Ir/c1-19-10-7-8-13-25(19)34(28-20(2)11-9-12-21(28)3)26-16-17-31-27-22(26)14-15-24-23(27)18-32-29(33-24)30(4,5)6;/h7-17H,1-6H3;/q-1;. The van der Waals surface area contributed by atoms with Gasteiger partial charge in [0.15, 0.2) is 0 Å². The number of fused-ring (bicyclic) bond motifs is 3. The van der Waals surface area contributed by atoms with Gasteiger partial charge in [0.05, 0.1) is 5.69 Å². The van der Waals surface area contributed by atoms with Crippen molar-refractivity contribution in [2.24, 2.45) is 0 Å². The number of pyridine rings is 1. The average Bonchev–Trinajstić information content (AvgIpc) is 2.81. The van der Waals surface area contributed by atoms with Crippen LogP contribution in [0.4, 0.5) is 17.1 Å². The number of aryl methyl sites for hydroxylation is 3. The fourth-order valence-corrected chi connectivity index (χ4v) is 4.52. The Morgan fingerprint density at radius 1 is 0.771 bits per heavy atom. The minimum atomic E-state index is -0.140. The van der Waals surface area contributed by atoms with Gasteiger partial charge in [0.2, 0.25) is 0 Å². The van der Waals surface area contributed by atoms with E-state index in [0.29, 0.717) is 0 Å². The quantitative estimate of drug-likeness (QED) is 0.150. The number of rotatable bonds is 3. The molecule has 0 fully saturated rings. The number of anilines is 3. The van der Waals surface area contributed by atoms with E-state index in [2.05, 4.69) is 118 Å². The Hall–Kier alpha value is -3.14. The van der Waals surface area contributed by atoms with Gasteiger partial charge in [-0.05, 0) is 72.1 Å². The largest absolute Gasteiger partial charge is 0.338 e. The molecule has 0 saturated heterocycles. The topological polar surface area (TPSA) is 41.9 Å². The van der Waals surface area contributed by atoms with E-state index in [0.717, 1.165) is 39.0 Å². The van der Waals surface area contributed by atoms with E-state index >= 15 is 0 Å². The molecule has 3 aromatic carbocycles. The van der Waals surface area contributed by atoms with Crippen LogP contribution < -0.4 is 4.90 Å². The van der Waals surface area contributed by atoms with E-state index in [1.54, 1.807) is 0 Å². The molecular weight excluding hydrogens is 609 g/mol. The summed E-state index contributed by atoms with van der Waals surface area (Å²) >= 11 is 0. The first-order chi connectivity index (χ1) is 16.3. The molecule has 5 heteroatoms. The van der Waals surface area contributed by atoms with Gasteiger partial charge in [-0.3, -0.25) is 0 Å². The van der Waals surface area contributed by atoms with Gasteiger partial charge in [0.25, 0.3) is 0 Å². The number of nitrogens with zero attached hydrogens (tertiary/aromatic N) is 4. The third-order valence-electron chi connectivity index (χ3n) is 6.30. The van der Waals surface area contributed by atoms with Gasteiger partial charge in [0.1, 0.15) is 0 Å². The van der Waals surface area contributed by atoms with E-state index in [1.165, 1.54) is 22.4 Å².